The molecule has 0 aliphatic rings. The molecule has 0 rings (SSSR count). The lowest BCUT2D eigenvalue weighted by Crippen LogP contribution is -2.44. The van der Waals surface area contributed by atoms with Gasteiger partial charge < -0.3 is 15.5 Å². The lowest BCUT2D eigenvalue weighted by atomic mass is 10.1. The quantitative estimate of drug-likeness (QED) is 0.0803. The molecule has 4 heteroatoms. The molecule has 2 atom stereocenters. The van der Waals surface area contributed by atoms with Crippen LogP contribution in [-0.4, -0.2) is 34.9 Å². The summed E-state index contributed by atoms with van der Waals surface area (Å²) in [5.41, 5.74) is 0. The Morgan fingerprint density at radius 1 is 0.641 bits per heavy atom. The Hall–Kier alpha value is -2.43. The lowest BCUT2D eigenvalue weighted by molar-refractivity contribution is -0.122. The summed E-state index contributed by atoms with van der Waals surface area (Å²) in [6.45, 7) is 4.08. The van der Waals surface area contributed by atoms with Crippen LogP contribution in [0.4, 0.5) is 0 Å². The number of carbonyl (C=O) groups is 1. The van der Waals surface area contributed by atoms with Crippen LogP contribution >= 0.6 is 0 Å². The highest BCUT2D eigenvalue weighted by atomic mass is 16.3. The normalized spacial score (nSPS) is 14.5. The fourth-order valence-corrected chi connectivity index (χ4v) is 3.79. The van der Waals surface area contributed by atoms with Crippen molar-refractivity contribution < 1.29 is 15.0 Å². The Morgan fingerprint density at radius 2 is 1.15 bits per heavy atom. The first-order chi connectivity index (χ1) is 19.2. The Balaban J connectivity index is 3.96. The van der Waals surface area contributed by atoms with E-state index in [2.05, 4.69) is 79.9 Å². The van der Waals surface area contributed by atoms with E-state index in [9.17, 15) is 15.0 Å². The molecular weight excluding hydrogens is 482 g/mol. The molecule has 220 valence electrons. The third kappa shape index (κ3) is 26.9. The Morgan fingerprint density at radius 3 is 1.74 bits per heavy atom. The number of amides is 1. The predicted molar refractivity (Wildman–Crippen MR) is 170 cm³/mol. The molecule has 0 aromatic heterocycles. The van der Waals surface area contributed by atoms with Crippen molar-refractivity contribution in [3.05, 3.63) is 85.1 Å². The van der Waals surface area contributed by atoms with Crippen molar-refractivity contribution in [2.24, 2.45) is 0 Å². The van der Waals surface area contributed by atoms with Crippen molar-refractivity contribution in [2.45, 2.75) is 122 Å². The molecule has 0 fully saturated rings. The van der Waals surface area contributed by atoms with Crippen LogP contribution in [0, 0.1) is 0 Å². The van der Waals surface area contributed by atoms with E-state index in [4.69, 9.17) is 0 Å². The second-order valence-corrected chi connectivity index (χ2v) is 9.79. The van der Waals surface area contributed by atoms with Gasteiger partial charge in [-0.15, -0.1) is 0 Å². The number of rotatable bonds is 25. The average Bonchev–Trinajstić information content (AvgIpc) is 2.94. The molecule has 0 aliphatic heterocycles. The highest BCUT2D eigenvalue weighted by Gasteiger charge is 2.17. The topological polar surface area (TPSA) is 69.6 Å². The summed E-state index contributed by atoms with van der Waals surface area (Å²) in [7, 11) is 0. The van der Waals surface area contributed by atoms with E-state index in [1.165, 1.54) is 38.5 Å². The van der Waals surface area contributed by atoms with Crippen LogP contribution in [0.3, 0.4) is 0 Å². The van der Waals surface area contributed by atoms with Crippen LogP contribution in [0.5, 0.6) is 0 Å². The number of aliphatic hydroxyl groups excluding tert-OH is 2. The Kier molecular flexibility index (Phi) is 28.2. The van der Waals surface area contributed by atoms with E-state index in [-0.39, 0.29) is 18.9 Å². The van der Waals surface area contributed by atoms with E-state index >= 15 is 0 Å². The fraction of sp³-hybridized carbons (Fsp3) is 0.571. The van der Waals surface area contributed by atoms with Crippen LogP contribution in [0.15, 0.2) is 85.1 Å². The van der Waals surface area contributed by atoms with Gasteiger partial charge in [0, 0.05) is 6.42 Å². The van der Waals surface area contributed by atoms with Gasteiger partial charge in [-0.05, 0) is 57.8 Å². The van der Waals surface area contributed by atoms with E-state index in [0.717, 1.165) is 51.4 Å². The second kappa shape index (κ2) is 30.1. The molecule has 3 N–H and O–H groups in total. The van der Waals surface area contributed by atoms with Crippen molar-refractivity contribution >= 4 is 5.91 Å². The molecule has 0 spiro atoms. The molecule has 0 aromatic rings. The van der Waals surface area contributed by atoms with Gasteiger partial charge in [-0.1, -0.05) is 131 Å². The van der Waals surface area contributed by atoms with Crippen molar-refractivity contribution in [2.75, 3.05) is 6.61 Å². The minimum Gasteiger partial charge on any atom is -0.394 e. The van der Waals surface area contributed by atoms with Gasteiger partial charge in [-0.2, -0.15) is 0 Å². The molecule has 2 unspecified atom stereocenters. The minimum atomic E-state index is -0.903. The standard InChI is InChI=1S/C35H57NO3/c1-3-5-7-9-11-13-15-17-18-19-21-23-25-27-29-31-35(39)36-33(32-37)34(38)30-28-26-24-22-20-16-14-12-10-8-6-4-2/h5,7,11,13,17-18,20-23,27-30,33-34,37-38H,3-4,6,8-10,12,14-16,19,24-26,31-32H2,1-2H3,(H,36,39)/b7-5-,13-11-,18-17-,22-20+,23-21-,29-27-,30-28+. The van der Waals surface area contributed by atoms with E-state index in [0.29, 0.717) is 0 Å². The largest absolute Gasteiger partial charge is 0.394 e. The number of carbonyl (C=O) groups excluding carboxylic acids is 1. The highest BCUT2D eigenvalue weighted by molar-refractivity contribution is 5.77. The van der Waals surface area contributed by atoms with Gasteiger partial charge in [0.05, 0.1) is 18.8 Å². The highest BCUT2D eigenvalue weighted by Crippen LogP contribution is 2.08. The molecule has 0 saturated heterocycles. The third-order valence-electron chi connectivity index (χ3n) is 6.14. The lowest BCUT2D eigenvalue weighted by Gasteiger charge is -2.19. The smallest absolute Gasteiger partial charge is 0.224 e. The summed E-state index contributed by atoms with van der Waals surface area (Å²) >= 11 is 0. The molecule has 0 radical (unpaired) electrons. The van der Waals surface area contributed by atoms with Crippen molar-refractivity contribution in [3.63, 3.8) is 0 Å². The van der Waals surface area contributed by atoms with Gasteiger partial charge in [-0.25, -0.2) is 0 Å². The monoisotopic (exact) mass is 539 g/mol. The Labute approximate surface area is 240 Å². The minimum absolute atomic E-state index is 0.208. The van der Waals surface area contributed by atoms with Crippen LogP contribution in [0.1, 0.15) is 110 Å². The maximum absolute atomic E-state index is 12.2. The first kappa shape index (κ1) is 36.6. The van der Waals surface area contributed by atoms with Crippen LogP contribution < -0.4 is 5.32 Å². The maximum Gasteiger partial charge on any atom is 0.224 e. The summed E-state index contributed by atoms with van der Waals surface area (Å²) in [4.78, 5) is 12.2. The maximum atomic E-state index is 12.2. The molecule has 4 nitrogen and oxygen atoms in total. The predicted octanol–water partition coefficient (Wildman–Crippen LogP) is 8.61. The zero-order valence-corrected chi connectivity index (χ0v) is 24.9. The number of unbranched alkanes of at least 4 members (excludes halogenated alkanes) is 7. The van der Waals surface area contributed by atoms with Gasteiger partial charge in [0.2, 0.25) is 5.91 Å². The van der Waals surface area contributed by atoms with Crippen LogP contribution in [-0.2, 0) is 4.79 Å². The van der Waals surface area contributed by atoms with E-state index < -0.39 is 12.1 Å². The summed E-state index contributed by atoms with van der Waals surface area (Å²) in [6, 6.07) is -0.695. The number of hydrogen-bond donors (Lipinski definition) is 3. The molecule has 0 aliphatic carbocycles. The van der Waals surface area contributed by atoms with E-state index in [1.807, 2.05) is 18.2 Å². The first-order valence-corrected chi connectivity index (χ1v) is 15.3. The van der Waals surface area contributed by atoms with Crippen molar-refractivity contribution in [1.82, 2.24) is 5.32 Å². The van der Waals surface area contributed by atoms with Gasteiger partial charge in [0.25, 0.3) is 0 Å². The molecule has 0 bridgehead atoms. The van der Waals surface area contributed by atoms with E-state index in [1.54, 1.807) is 6.08 Å². The summed E-state index contributed by atoms with van der Waals surface area (Å²) < 4.78 is 0. The zero-order valence-electron chi connectivity index (χ0n) is 24.9. The SMILES string of the molecule is CC/C=C\C/C=C\C/C=C\C/C=C\C/C=C\CC(=O)NC(CO)C(O)/C=C/CC/C=C/CCCCCCCC. The average molecular weight is 540 g/mol. The molecule has 39 heavy (non-hydrogen) atoms. The van der Waals surface area contributed by atoms with Crippen LogP contribution in [0.25, 0.3) is 0 Å². The fourth-order valence-electron chi connectivity index (χ4n) is 3.79. The molecule has 0 heterocycles. The molecule has 0 saturated carbocycles. The number of aliphatic hydroxyl groups is 2. The van der Waals surface area contributed by atoms with Crippen molar-refractivity contribution in [3.8, 4) is 0 Å². The first-order valence-electron chi connectivity index (χ1n) is 15.3. The summed E-state index contributed by atoms with van der Waals surface area (Å²) in [6.07, 6.45) is 43.9. The van der Waals surface area contributed by atoms with Gasteiger partial charge in [0.15, 0.2) is 0 Å². The summed E-state index contributed by atoms with van der Waals surface area (Å²) in [5, 5.41) is 22.6. The third-order valence-corrected chi connectivity index (χ3v) is 6.14. The van der Waals surface area contributed by atoms with Crippen molar-refractivity contribution in [1.29, 1.82) is 0 Å². The number of hydrogen-bond acceptors (Lipinski definition) is 3. The zero-order chi connectivity index (χ0) is 28.7. The molecule has 0 aromatic carbocycles. The summed E-state index contributed by atoms with van der Waals surface area (Å²) in [5.74, 6) is -0.208. The van der Waals surface area contributed by atoms with Gasteiger partial charge >= 0.3 is 0 Å². The van der Waals surface area contributed by atoms with Gasteiger partial charge in [-0.3, -0.25) is 4.79 Å². The molecule has 1 amide bonds. The number of nitrogens with one attached hydrogen (secondary N) is 1. The second-order valence-electron chi connectivity index (χ2n) is 9.79. The molecular formula is C35H57NO3. The van der Waals surface area contributed by atoms with Gasteiger partial charge in [0.1, 0.15) is 0 Å². The number of allylic oxidation sites excluding steroid dienone is 12. The Bertz CT molecular complexity index is 758. The van der Waals surface area contributed by atoms with Crippen LogP contribution in [0.2, 0.25) is 0 Å².